The van der Waals surface area contributed by atoms with Crippen LogP contribution in [0.25, 0.3) is 0 Å². The van der Waals surface area contributed by atoms with E-state index in [1.165, 1.54) is 19.3 Å². The SMILES string of the molecule is CCC(C)(C)C1CCC(NCC(F)F)CC1. The molecule has 16 heavy (non-hydrogen) atoms. The van der Waals surface area contributed by atoms with Crippen molar-refractivity contribution in [3.8, 4) is 0 Å². The number of hydrogen-bond donors (Lipinski definition) is 1. The maximum Gasteiger partial charge on any atom is 0.250 e. The summed E-state index contributed by atoms with van der Waals surface area (Å²) in [5.74, 6) is 0.766. The Morgan fingerprint density at radius 3 is 2.19 bits per heavy atom. The molecule has 0 aromatic carbocycles. The molecule has 1 fully saturated rings. The minimum Gasteiger partial charge on any atom is -0.309 e. The highest BCUT2D eigenvalue weighted by atomic mass is 19.3. The molecule has 0 aromatic rings. The predicted molar refractivity (Wildman–Crippen MR) is 63.8 cm³/mol. The third-order valence-corrected chi connectivity index (χ3v) is 4.30. The van der Waals surface area contributed by atoms with Crippen molar-refractivity contribution in [1.29, 1.82) is 0 Å². The van der Waals surface area contributed by atoms with Crippen molar-refractivity contribution >= 4 is 0 Å². The van der Waals surface area contributed by atoms with Gasteiger partial charge in [0.15, 0.2) is 0 Å². The number of rotatable bonds is 5. The van der Waals surface area contributed by atoms with Crippen LogP contribution in [-0.4, -0.2) is 19.0 Å². The number of nitrogens with one attached hydrogen (secondary N) is 1. The first-order valence-corrected chi connectivity index (χ1v) is 6.47. The lowest BCUT2D eigenvalue weighted by molar-refractivity contribution is 0.115. The van der Waals surface area contributed by atoms with Gasteiger partial charge in [-0.2, -0.15) is 0 Å². The van der Waals surface area contributed by atoms with Crippen LogP contribution in [-0.2, 0) is 0 Å². The van der Waals surface area contributed by atoms with Gasteiger partial charge in [0.05, 0.1) is 6.54 Å². The Morgan fingerprint density at radius 2 is 1.75 bits per heavy atom. The van der Waals surface area contributed by atoms with Gasteiger partial charge in [-0.05, 0) is 37.0 Å². The summed E-state index contributed by atoms with van der Waals surface area (Å²) in [4.78, 5) is 0. The van der Waals surface area contributed by atoms with Gasteiger partial charge in [-0.15, -0.1) is 0 Å². The minimum atomic E-state index is -2.22. The van der Waals surface area contributed by atoms with Crippen LogP contribution in [0, 0.1) is 11.3 Å². The van der Waals surface area contributed by atoms with Crippen LogP contribution in [0.3, 0.4) is 0 Å². The fourth-order valence-corrected chi connectivity index (χ4v) is 2.62. The van der Waals surface area contributed by atoms with E-state index in [0.717, 1.165) is 18.8 Å². The second-order valence-corrected chi connectivity index (χ2v) is 5.69. The lowest BCUT2D eigenvalue weighted by Gasteiger charge is -2.39. The van der Waals surface area contributed by atoms with Gasteiger partial charge in [-0.25, -0.2) is 8.78 Å². The van der Waals surface area contributed by atoms with Crippen LogP contribution in [0.1, 0.15) is 52.9 Å². The van der Waals surface area contributed by atoms with Gasteiger partial charge < -0.3 is 5.32 Å². The zero-order valence-corrected chi connectivity index (χ0v) is 10.7. The van der Waals surface area contributed by atoms with Crippen LogP contribution in [0.5, 0.6) is 0 Å². The second-order valence-electron chi connectivity index (χ2n) is 5.69. The molecule has 96 valence electrons. The Kier molecular flexibility index (Phi) is 5.16. The van der Waals surface area contributed by atoms with Crippen molar-refractivity contribution < 1.29 is 8.78 Å². The molecule has 0 bridgehead atoms. The van der Waals surface area contributed by atoms with Crippen LogP contribution in [0.15, 0.2) is 0 Å². The average Bonchev–Trinajstić information content (AvgIpc) is 2.27. The first-order chi connectivity index (χ1) is 7.45. The second kappa shape index (κ2) is 5.95. The molecule has 1 N–H and O–H groups in total. The average molecular weight is 233 g/mol. The van der Waals surface area contributed by atoms with Crippen molar-refractivity contribution in [2.75, 3.05) is 6.54 Å². The fourth-order valence-electron chi connectivity index (χ4n) is 2.62. The van der Waals surface area contributed by atoms with Gasteiger partial charge in [0.1, 0.15) is 0 Å². The number of alkyl halides is 2. The molecule has 1 saturated carbocycles. The topological polar surface area (TPSA) is 12.0 Å². The molecule has 0 unspecified atom stereocenters. The Bertz CT molecular complexity index is 196. The maximum atomic E-state index is 12.0. The van der Waals surface area contributed by atoms with E-state index < -0.39 is 6.43 Å². The highest BCUT2D eigenvalue weighted by molar-refractivity contribution is 4.84. The largest absolute Gasteiger partial charge is 0.309 e. The summed E-state index contributed by atoms with van der Waals surface area (Å²) >= 11 is 0. The molecular formula is C13H25F2N. The van der Waals surface area contributed by atoms with Crippen LogP contribution < -0.4 is 5.32 Å². The molecular weight excluding hydrogens is 208 g/mol. The summed E-state index contributed by atoms with van der Waals surface area (Å²) in [6, 6.07) is 0.318. The zero-order valence-electron chi connectivity index (χ0n) is 10.7. The summed E-state index contributed by atoms with van der Waals surface area (Å²) in [5, 5.41) is 2.96. The normalized spacial score (nSPS) is 27.4. The summed E-state index contributed by atoms with van der Waals surface area (Å²) in [6.07, 6.45) is 3.46. The van der Waals surface area contributed by atoms with E-state index >= 15 is 0 Å². The third-order valence-electron chi connectivity index (χ3n) is 4.30. The van der Waals surface area contributed by atoms with Crippen molar-refractivity contribution in [3.05, 3.63) is 0 Å². The van der Waals surface area contributed by atoms with Gasteiger partial charge in [0.2, 0.25) is 0 Å². The van der Waals surface area contributed by atoms with Crippen molar-refractivity contribution in [2.24, 2.45) is 11.3 Å². The van der Waals surface area contributed by atoms with Crippen molar-refractivity contribution in [2.45, 2.75) is 65.3 Å². The molecule has 0 atom stereocenters. The van der Waals surface area contributed by atoms with E-state index in [1.807, 2.05) is 0 Å². The van der Waals surface area contributed by atoms with Crippen molar-refractivity contribution in [3.63, 3.8) is 0 Å². The lowest BCUT2D eigenvalue weighted by Crippen LogP contribution is -2.38. The molecule has 3 heteroatoms. The highest BCUT2D eigenvalue weighted by Gasteiger charge is 2.31. The standard InChI is InChI=1S/C13H25F2N/c1-4-13(2,3)10-5-7-11(8-6-10)16-9-12(14)15/h10-12,16H,4-9H2,1-3H3. The molecule has 0 saturated heterocycles. The number of hydrogen-bond acceptors (Lipinski definition) is 1. The predicted octanol–water partition coefficient (Wildman–Crippen LogP) is 3.84. The molecule has 1 nitrogen and oxygen atoms in total. The van der Waals surface area contributed by atoms with E-state index in [0.29, 0.717) is 11.5 Å². The van der Waals surface area contributed by atoms with Gasteiger partial charge in [0, 0.05) is 6.04 Å². The highest BCUT2D eigenvalue weighted by Crippen LogP contribution is 2.40. The van der Waals surface area contributed by atoms with E-state index in [-0.39, 0.29) is 6.54 Å². The van der Waals surface area contributed by atoms with Gasteiger partial charge in [0.25, 0.3) is 6.43 Å². The van der Waals surface area contributed by atoms with Gasteiger partial charge in [-0.3, -0.25) is 0 Å². The Hall–Kier alpha value is -0.180. The van der Waals surface area contributed by atoms with E-state index in [4.69, 9.17) is 0 Å². The monoisotopic (exact) mass is 233 g/mol. The summed E-state index contributed by atoms with van der Waals surface area (Å²) < 4.78 is 24.1. The summed E-state index contributed by atoms with van der Waals surface area (Å²) in [5.41, 5.74) is 0.410. The molecule has 1 aliphatic rings. The summed E-state index contributed by atoms with van der Waals surface area (Å²) in [7, 11) is 0. The molecule has 0 radical (unpaired) electrons. The summed E-state index contributed by atoms with van der Waals surface area (Å²) in [6.45, 7) is 6.74. The Labute approximate surface area is 98.0 Å². The molecule has 0 heterocycles. The molecule has 0 spiro atoms. The molecule has 1 aliphatic carbocycles. The Morgan fingerprint density at radius 1 is 1.19 bits per heavy atom. The van der Waals surface area contributed by atoms with Crippen LogP contribution >= 0.6 is 0 Å². The smallest absolute Gasteiger partial charge is 0.250 e. The Balaban J connectivity index is 2.28. The quantitative estimate of drug-likeness (QED) is 0.761. The van der Waals surface area contributed by atoms with Gasteiger partial charge >= 0.3 is 0 Å². The molecule has 0 aromatic heterocycles. The van der Waals surface area contributed by atoms with Crippen LogP contribution in [0.4, 0.5) is 8.78 Å². The van der Waals surface area contributed by atoms with Crippen LogP contribution in [0.2, 0.25) is 0 Å². The molecule has 0 aliphatic heterocycles. The van der Waals surface area contributed by atoms with E-state index in [2.05, 4.69) is 26.1 Å². The van der Waals surface area contributed by atoms with Crippen molar-refractivity contribution in [1.82, 2.24) is 5.32 Å². The first kappa shape index (κ1) is 13.9. The van der Waals surface area contributed by atoms with E-state index in [1.54, 1.807) is 0 Å². The minimum absolute atomic E-state index is 0.146. The fraction of sp³-hybridized carbons (Fsp3) is 1.00. The van der Waals surface area contributed by atoms with Gasteiger partial charge in [-0.1, -0.05) is 27.2 Å². The molecule has 1 rings (SSSR count). The number of halogens is 2. The third kappa shape index (κ3) is 4.00. The molecule has 0 amide bonds. The maximum absolute atomic E-state index is 12.0. The lowest BCUT2D eigenvalue weighted by atomic mass is 9.69. The van der Waals surface area contributed by atoms with E-state index in [9.17, 15) is 8.78 Å². The first-order valence-electron chi connectivity index (χ1n) is 6.47. The zero-order chi connectivity index (χ0) is 12.2.